The Morgan fingerprint density at radius 3 is 2.63 bits per heavy atom. The van der Waals surface area contributed by atoms with Crippen LogP contribution in [0.2, 0.25) is 0 Å². The number of rotatable bonds is 5. The fourth-order valence-electron chi connectivity index (χ4n) is 3.05. The molecule has 0 aliphatic carbocycles. The summed E-state index contributed by atoms with van der Waals surface area (Å²) in [5.41, 5.74) is 14.9. The largest absolute Gasteiger partial charge is 0.508 e. The lowest BCUT2D eigenvalue weighted by atomic mass is 10.1. The summed E-state index contributed by atoms with van der Waals surface area (Å²) in [6, 6.07) is 14.7. The van der Waals surface area contributed by atoms with Crippen molar-refractivity contribution in [3.8, 4) is 28.3 Å². The van der Waals surface area contributed by atoms with Gasteiger partial charge in [-0.05, 0) is 42.0 Å². The molecule has 0 saturated heterocycles. The molecule has 2 aromatic carbocycles. The lowest BCUT2D eigenvalue weighted by Crippen LogP contribution is -2.10. The van der Waals surface area contributed by atoms with Crippen molar-refractivity contribution in [2.24, 2.45) is 5.73 Å². The van der Waals surface area contributed by atoms with Gasteiger partial charge in [-0.25, -0.2) is 9.97 Å². The van der Waals surface area contributed by atoms with Gasteiger partial charge in [0.1, 0.15) is 30.3 Å². The van der Waals surface area contributed by atoms with Crippen molar-refractivity contribution in [2.75, 3.05) is 18.9 Å². The van der Waals surface area contributed by atoms with Gasteiger partial charge in [0.15, 0.2) is 5.65 Å². The molecule has 0 radical (unpaired) electrons. The molecule has 4 aromatic rings. The third-order valence-corrected chi connectivity index (χ3v) is 4.27. The van der Waals surface area contributed by atoms with E-state index in [1.165, 1.54) is 6.33 Å². The number of nitrogens with zero attached hydrogens (tertiary/aromatic N) is 3. The van der Waals surface area contributed by atoms with Crippen molar-refractivity contribution in [1.29, 1.82) is 0 Å². The maximum absolute atomic E-state index is 9.85. The Balaban J connectivity index is 1.86. The molecule has 7 nitrogen and oxygen atoms in total. The van der Waals surface area contributed by atoms with Gasteiger partial charge in [0.25, 0.3) is 0 Å². The number of aromatic hydroxyl groups is 1. The quantitative estimate of drug-likeness (QED) is 0.504. The summed E-state index contributed by atoms with van der Waals surface area (Å²) in [7, 11) is 0. The zero-order chi connectivity index (χ0) is 18.8. The van der Waals surface area contributed by atoms with Crippen molar-refractivity contribution >= 4 is 16.9 Å². The molecule has 2 aromatic heterocycles. The van der Waals surface area contributed by atoms with E-state index in [-0.39, 0.29) is 5.75 Å². The van der Waals surface area contributed by atoms with Crippen molar-refractivity contribution in [1.82, 2.24) is 14.5 Å². The zero-order valence-corrected chi connectivity index (χ0v) is 14.5. The van der Waals surface area contributed by atoms with E-state index in [1.807, 2.05) is 41.1 Å². The van der Waals surface area contributed by atoms with Gasteiger partial charge in [-0.1, -0.05) is 12.1 Å². The smallest absolute Gasteiger partial charge is 0.150 e. The third kappa shape index (κ3) is 3.16. The van der Waals surface area contributed by atoms with Crippen molar-refractivity contribution in [3.63, 3.8) is 0 Å². The minimum absolute atomic E-state index is 0.185. The van der Waals surface area contributed by atoms with Crippen LogP contribution in [-0.4, -0.2) is 32.8 Å². The first kappa shape index (κ1) is 16.9. The Morgan fingerprint density at radius 2 is 1.89 bits per heavy atom. The van der Waals surface area contributed by atoms with Crippen LogP contribution in [0.3, 0.4) is 0 Å². The number of phenols is 1. The molecule has 0 aliphatic heterocycles. The highest BCUT2D eigenvalue weighted by atomic mass is 16.5. The summed E-state index contributed by atoms with van der Waals surface area (Å²) in [6.07, 6.45) is 3.39. The number of nitrogens with two attached hydrogens (primary N) is 2. The van der Waals surface area contributed by atoms with Gasteiger partial charge >= 0.3 is 0 Å². The Bertz CT molecular complexity index is 1090. The van der Waals surface area contributed by atoms with Crippen LogP contribution in [-0.2, 0) is 0 Å². The Hall–Kier alpha value is -3.58. The molecule has 0 amide bonds. The first-order valence-corrected chi connectivity index (χ1v) is 8.51. The summed E-state index contributed by atoms with van der Waals surface area (Å²) in [5, 5.41) is 10.6. The molecule has 0 bridgehead atoms. The van der Waals surface area contributed by atoms with Crippen molar-refractivity contribution < 1.29 is 9.84 Å². The van der Waals surface area contributed by atoms with E-state index >= 15 is 0 Å². The molecule has 5 N–H and O–H groups in total. The van der Waals surface area contributed by atoms with Gasteiger partial charge in [-0.15, -0.1) is 0 Å². The van der Waals surface area contributed by atoms with Gasteiger partial charge in [-0.2, -0.15) is 0 Å². The molecule has 0 aliphatic rings. The van der Waals surface area contributed by atoms with Crippen LogP contribution in [0.5, 0.6) is 11.5 Å². The number of aromatic nitrogens is 3. The molecule has 4 rings (SSSR count). The van der Waals surface area contributed by atoms with E-state index < -0.39 is 0 Å². The van der Waals surface area contributed by atoms with E-state index in [1.54, 1.807) is 18.2 Å². The lowest BCUT2D eigenvalue weighted by molar-refractivity contribution is 0.328. The van der Waals surface area contributed by atoms with Gasteiger partial charge in [0.2, 0.25) is 0 Å². The maximum atomic E-state index is 9.85. The monoisotopic (exact) mass is 361 g/mol. The molecule has 7 heteroatoms. The van der Waals surface area contributed by atoms with Gasteiger partial charge in [0.05, 0.1) is 5.39 Å². The molecule has 27 heavy (non-hydrogen) atoms. The number of hydrogen-bond acceptors (Lipinski definition) is 6. The van der Waals surface area contributed by atoms with Gasteiger partial charge < -0.3 is 25.9 Å². The highest BCUT2D eigenvalue weighted by Crippen LogP contribution is 2.35. The van der Waals surface area contributed by atoms with E-state index in [2.05, 4.69) is 9.97 Å². The summed E-state index contributed by atoms with van der Waals surface area (Å²) in [4.78, 5) is 8.55. The molecular formula is C20H19N5O2. The predicted octanol–water partition coefficient (Wildman–Crippen LogP) is 2.71. The molecule has 0 unspecified atom stereocenters. The first-order chi connectivity index (χ1) is 13.2. The molecule has 2 heterocycles. The summed E-state index contributed by atoms with van der Waals surface area (Å²) in [6.45, 7) is 0.935. The normalized spacial score (nSPS) is 11.0. The standard InChI is InChI=1S/C20H19N5O2/c21-8-9-27-16-6-4-14(5-7-16)25-11-17(13-2-1-3-15(26)10-13)18-19(22)23-12-24-20(18)25/h1-7,10-12,26H,8-9,21H2,(H2,22,23,24). The SMILES string of the molecule is NCCOc1ccc(-n2cc(-c3cccc(O)c3)c3c(N)ncnc32)cc1. The fourth-order valence-corrected chi connectivity index (χ4v) is 3.05. The molecule has 0 saturated carbocycles. The average Bonchev–Trinajstić information content (AvgIpc) is 3.08. The fraction of sp³-hybridized carbons (Fsp3) is 0.100. The number of phenolic OH excluding ortho intramolecular Hbond substituents is 1. The third-order valence-electron chi connectivity index (χ3n) is 4.27. The van der Waals surface area contributed by atoms with Crippen LogP contribution in [0.15, 0.2) is 61.1 Å². The number of benzene rings is 2. The summed E-state index contributed by atoms with van der Waals surface area (Å²) < 4.78 is 7.48. The molecular weight excluding hydrogens is 342 g/mol. The van der Waals surface area contributed by atoms with E-state index in [4.69, 9.17) is 16.2 Å². The topological polar surface area (TPSA) is 112 Å². The molecule has 136 valence electrons. The highest BCUT2D eigenvalue weighted by molar-refractivity contribution is 6.01. The second kappa shape index (κ2) is 6.97. The minimum atomic E-state index is 0.185. The summed E-state index contributed by atoms with van der Waals surface area (Å²) >= 11 is 0. The van der Waals surface area contributed by atoms with Gasteiger partial charge in [-0.3, -0.25) is 0 Å². The first-order valence-electron chi connectivity index (χ1n) is 8.51. The van der Waals surface area contributed by atoms with Crippen molar-refractivity contribution in [3.05, 3.63) is 61.1 Å². The Kier molecular flexibility index (Phi) is 4.35. The van der Waals surface area contributed by atoms with E-state index in [0.29, 0.717) is 24.6 Å². The van der Waals surface area contributed by atoms with Crippen LogP contribution in [0, 0.1) is 0 Å². The lowest BCUT2D eigenvalue weighted by Gasteiger charge is -2.07. The molecule has 0 fully saturated rings. The molecule has 0 spiro atoms. The number of nitrogen functional groups attached to an aromatic ring is 1. The predicted molar refractivity (Wildman–Crippen MR) is 105 cm³/mol. The number of ether oxygens (including phenoxy) is 1. The second-order valence-corrected chi connectivity index (χ2v) is 6.05. The zero-order valence-electron chi connectivity index (χ0n) is 14.5. The number of fused-ring (bicyclic) bond motifs is 1. The maximum Gasteiger partial charge on any atom is 0.150 e. The van der Waals surface area contributed by atoms with Crippen LogP contribution < -0.4 is 16.2 Å². The minimum Gasteiger partial charge on any atom is -0.508 e. The van der Waals surface area contributed by atoms with Gasteiger partial charge in [0, 0.05) is 24.0 Å². The van der Waals surface area contributed by atoms with Crippen LogP contribution >= 0.6 is 0 Å². The van der Waals surface area contributed by atoms with Crippen LogP contribution in [0.4, 0.5) is 5.82 Å². The number of anilines is 1. The van der Waals surface area contributed by atoms with E-state index in [9.17, 15) is 5.11 Å². The average molecular weight is 361 g/mol. The Labute approximate surface area is 155 Å². The highest BCUT2D eigenvalue weighted by Gasteiger charge is 2.16. The number of hydrogen-bond donors (Lipinski definition) is 3. The Morgan fingerprint density at radius 1 is 1.07 bits per heavy atom. The molecule has 0 atom stereocenters. The van der Waals surface area contributed by atoms with Crippen LogP contribution in [0.25, 0.3) is 27.8 Å². The summed E-state index contributed by atoms with van der Waals surface area (Å²) in [5.74, 6) is 1.33. The van der Waals surface area contributed by atoms with Crippen LogP contribution in [0.1, 0.15) is 0 Å². The van der Waals surface area contributed by atoms with Crippen molar-refractivity contribution in [2.45, 2.75) is 0 Å². The van der Waals surface area contributed by atoms with E-state index in [0.717, 1.165) is 28.0 Å². The second-order valence-electron chi connectivity index (χ2n) is 6.05.